The van der Waals surface area contributed by atoms with Crippen molar-refractivity contribution in [1.29, 1.82) is 0 Å². The number of aryl methyl sites for hydroxylation is 1. The minimum atomic E-state index is -0.156. The lowest BCUT2D eigenvalue weighted by atomic mass is 10.00. The zero-order chi connectivity index (χ0) is 18.6. The molecule has 27 heavy (non-hydrogen) atoms. The van der Waals surface area contributed by atoms with Gasteiger partial charge in [-0.05, 0) is 72.0 Å². The fourth-order valence-corrected chi connectivity index (χ4v) is 3.17. The van der Waals surface area contributed by atoms with Gasteiger partial charge < -0.3 is 10.6 Å². The van der Waals surface area contributed by atoms with Crippen LogP contribution in [0.1, 0.15) is 33.5 Å². The van der Waals surface area contributed by atoms with Crippen LogP contribution in [0, 0.1) is 0 Å². The highest BCUT2D eigenvalue weighted by Gasteiger charge is 2.16. The molecule has 0 unspecified atom stereocenters. The van der Waals surface area contributed by atoms with E-state index < -0.39 is 0 Å². The van der Waals surface area contributed by atoms with E-state index >= 15 is 0 Å². The van der Waals surface area contributed by atoms with E-state index in [-0.39, 0.29) is 11.8 Å². The Morgan fingerprint density at radius 3 is 2.48 bits per heavy atom. The van der Waals surface area contributed by atoms with E-state index in [1.54, 1.807) is 24.5 Å². The van der Waals surface area contributed by atoms with Crippen LogP contribution in [0.25, 0.3) is 0 Å². The molecule has 0 fully saturated rings. The number of nitrogens with zero attached hydrogens (tertiary/aromatic N) is 1. The molecule has 1 aliphatic heterocycles. The van der Waals surface area contributed by atoms with Gasteiger partial charge in [-0.3, -0.25) is 14.6 Å². The van der Waals surface area contributed by atoms with E-state index in [9.17, 15) is 9.59 Å². The molecule has 5 nitrogen and oxygen atoms in total. The summed E-state index contributed by atoms with van der Waals surface area (Å²) >= 11 is 0. The quantitative estimate of drug-likeness (QED) is 0.746. The number of carbonyl (C=O) groups excluding carboxylic acids is 2. The van der Waals surface area contributed by atoms with Crippen molar-refractivity contribution in [3.8, 4) is 0 Å². The third-order valence-electron chi connectivity index (χ3n) is 4.63. The molecule has 5 heteroatoms. The van der Waals surface area contributed by atoms with Gasteiger partial charge in [-0.1, -0.05) is 12.1 Å². The minimum Gasteiger partial charge on any atom is -0.326 e. The second-order valence-electron chi connectivity index (χ2n) is 6.60. The van der Waals surface area contributed by atoms with Gasteiger partial charge in [0, 0.05) is 35.8 Å². The molecule has 0 radical (unpaired) electrons. The number of fused-ring (bicyclic) bond motifs is 1. The first-order chi connectivity index (χ1) is 13.2. The molecule has 0 spiro atoms. The average Bonchev–Trinajstić information content (AvgIpc) is 2.70. The maximum absolute atomic E-state index is 12.5. The van der Waals surface area contributed by atoms with E-state index in [0.29, 0.717) is 18.4 Å². The molecule has 0 bridgehead atoms. The molecule has 1 aliphatic rings. The van der Waals surface area contributed by atoms with Crippen LogP contribution in [-0.4, -0.2) is 16.8 Å². The molecule has 0 saturated heterocycles. The summed E-state index contributed by atoms with van der Waals surface area (Å²) in [5.74, 6) is -0.136. The Morgan fingerprint density at radius 1 is 0.963 bits per heavy atom. The zero-order valence-electron chi connectivity index (χ0n) is 14.7. The SMILES string of the molecule is O=C1CCc2cc(C(=O)Nc3ccc(Cc4ccncc4)cc3)ccc2N1. The first-order valence-corrected chi connectivity index (χ1v) is 8.89. The number of hydrogen-bond donors (Lipinski definition) is 2. The Hall–Kier alpha value is -3.47. The Kier molecular flexibility index (Phi) is 4.66. The molecule has 2 aromatic carbocycles. The second-order valence-corrected chi connectivity index (χ2v) is 6.60. The maximum Gasteiger partial charge on any atom is 0.255 e. The molecule has 2 heterocycles. The van der Waals surface area contributed by atoms with Crippen molar-refractivity contribution in [1.82, 2.24) is 4.98 Å². The van der Waals surface area contributed by atoms with Crippen LogP contribution in [-0.2, 0) is 17.6 Å². The standard InChI is InChI=1S/C22H19N3O2/c26-21-8-4-17-14-18(3-7-20(17)25-21)22(27)24-19-5-1-15(2-6-19)13-16-9-11-23-12-10-16/h1-3,5-7,9-12,14H,4,8,13H2,(H,24,27)(H,25,26). The lowest BCUT2D eigenvalue weighted by molar-refractivity contribution is -0.116. The summed E-state index contributed by atoms with van der Waals surface area (Å²) in [5, 5.41) is 5.76. The highest BCUT2D eigenvalue weighted by Crippen LogP contribution is 2.24. The number of rotatable bonds is 4. The lowest BCUT2D eigenvalue weighted by Crippen LogP contribution is -2.20. The highest BCUT2D eigenvalue weighted by atomic mass is 16.2. The van der Waals surface area contributed by atoms with Gasteiger partial charge in [-0.2, -0.15) is 0 Å². The van der Waals surface area contributed by atoms with Crippen molar-refractivity contribution in [2.45, 2.75) is 19.3 Å². The molecule has 3 aromatic rings. The normalized spacial score (nSPS) is 12.8. The van der Waals surface area contributed by atoms with Gasteiger partial charge in [0.25, 0.3) is 5.91 Å². The number of aromatic nitrogens is 1. The summed E-state index contributed by atoms with van der Waals surface area (Å²) in [5.41, 5.74) is 5.50. The molecule has 1 aromatic heterocycles. The van der Waals surface area contributed by atoms with Crippen LogP contribution >= 0.6 is 0 Å². The Bertz CT molecular complexity index is 982. The largest absolute Gasteiger partial charge is 0.326 e. The topological polar surface area (TPSA) is 71.1 Å². The molecule has 2 amide bonds. The number of hydrogen-bond acceptors (Lipinski definition) is 3. The number of nitrogens with one attached hydrogen (secondary N) is 2. The van der Waals surface area contributed by atoms with Crippen LogP contribution in [0.5, 0.6) is 0 Å². The van der Waals surface area contributed by atoms with E-state index in [4.69, 9.17) is 0 Å². The predicted molar refractivity (Wildman–Crippen MR) is 105 cm³/mol. The number of carbonyl (C=O) groups is 2. The van der Waals surface area contributed by atoms with E-state index in [2.05, 4.69) is 15.6 Å². The van der Waals surface area contributed by atoms with Crippen molar-refractivity contribution < 1.29 is 9.59 Å². The van der Waals surface area contributed by atoms with Crippen molar-refractivity contribution in [2.24, 2.45) is 0 Å². The highest BCUT2D eigenvalue weighted by molar-refractivity contribution is 6.05. The maximum atomic E-state index is 12.5. The smallest absolute Gasteiger partial charge is 0.255 e. The van der Waals surface area contributed by atoms with Gasteiger partial charge in [0.1, 0.15) is 0 Å². The summed E-state index contributed by atoms with van der Waals surface area (Å²) in [6, 6.07) is 17.2. The van der Waals surface area contributed by atoms with Gasteiger partial charge in [0.05, 0.1) is 0 Å². The van der Waals surface area contributed by atoms with Gasteiger partial charge in [0.2, 0.25) is 5.91 Å². The number of anilines is 2. The molecule has 2 N–H and O–H groups in total. The molecule has 0 aliphatic carbocycles. The van der Waals surface area contributed by atoms with Crippen molar-refractivity contribution in [3.63, 3.8) is 0 Å². The molecule has 4 rings (SSSR count). The van der Waals surface area contributed by atoms with E-state index in [0.717, 1.165) is 23.4 Å². The predicted octanol–water partition coefficient (Wildman–Crippen LogP) is 3.81. The molecular formula is C22H19N3O2. The first-order valence-electron chi connectivity index (χ1n) is 8.89. The average molecular weight is 357 g/mol. The third kappa shape index (κ3) is 4.03. The second kappa shape index (κ2) is 7.41. The molecular weight excluding hydrogens is 338 g/mol. The van der Waals surface area contributed by atoms with Crippen LogP contribution in [0.2, 0.25) is 0 Å². The number of benzene rings is 2. The van der Waals surface area contributed by atoms with Gasteiger partial charge in [-0.25, -0.2) is 0 Å². The third-order valence-corrected chi connectivity index (χ3v) is 4.63. The fourth-order valence-electron chi connectivity index (χ4n) is 3.17. The van der Waals surface area contributed by atoms with Gasteiger partial charge >= 0.3 is 0 Å². The number of pyridine rings is 1. The Morgan fingerprint density at radius 2 is 1.70 bits per heavy atom. The fraction of sp³-hybridized carbons (Fsp3) is 0.136. The molecule has 134 valence electrons. The summed E-state index contributed by atoms with van der Waals surface area (Å²) in [4.78, 5) is 28.0. The van der Waals surface area contributed by atoms with Crippen LogP contribution in [0.4, 0.5) is 11.4 Å². The Labute approximate surface area is 157 Å². The zero-order valence-corrected chi connectivity index (χ0v) is 14.7. The Balaban J connectivity index is 1.43. The van der Waals surface area contributed by atoms with E-state index in [1.165, 1.54) is 11.1 Å². The molecule has 0 atom stereocenters. The summed E-state index contributed by atoms with van der Waals surface area (Å²) in [6.45, 7) is 0. The van der Waals surface area contributed by atoms with Crippen LogP contribution in [0.3, 0.4) is 0 Å². The van der Waals surface area contributed by atoms with Crippen molar-refractivity contribution in [2.75, 3.05) is 10.6 Å². The van der Waals surface area contributed by atoms with Crippen molar-refractivity contribution in [3.05, 3.63) is 89.2 Å². The minimum absolute atomic E-state index is 0.0200. The first kappa shape index (κ1) is 17.0. The molecule has 0 saturated carbocycles. The van der Waals surface area contributed by atoms with Gasteiger partial charge in [-0.15, -0.1) is 0 Å². The van der Waals surface area contributed by atoms with Crippen LogP contribution < -0.4 is 10.6 Å². The lowest BCUT2D eigenvalue weighted by Gasteiger charge is -2.17. The summed E-state index contributed by atoms with van der Waals surface area (Å²) in [7, 11) is 0. The van der Waals surface area contributed by atoms with Crippen LogP contribution in [0.15, 0.2) is 67.0 Å². The monoisotopic (exact) mass is 357 g/mol. The van der Waals surface area contributed by atoms with E-state index in [1.807, 2.05) is 42.5 Å². The summed E-state index contributed by atoms with van der Waals surface area (Å²) < 4.78 is 0. The summed E-state index contributed by atoms with van der Waals surface area (Å²) in [6.07, 6.45) is 5.51. The van der Waals surface area contributed by atoms with Gasteiger partial charge in [0.15, 0.2) is 0 Å². The van der Waals surface area contributed by atoms with Crippen molar-refractivity contribution >= 4 is 23.2 Å². The number of amides is 2.